The Hall–Kier alpha value is -0.0497. The van der Waals surface area contributed by atoms with Gasteiger partial charge in [-0.05, 0) is 0 Å². The van der Waals surface area contributed by atoms with E-state index < -0.39 is 0 Å². The van der Waals surface area contributed by atoms with Gasteiger partial charge in [0.25, 0.3) is 0 Å². The molecule has 0 saturated heterocycles. The largest absolute Gasteiger partial charge is 5.00 e. The third kappa shape index (κ3) is 9.34. The Labute approximate surface area is 64.2 Å². The molecule has 0 unspecified atom stereocenters. The van der Waals surface area contributed by atoms with E-state index in [-0.39, 0.29) is 33.9 Å². The molecule has 0 amide bonds. The fourth-order valence-electron chi connectivity index (χ4n) is 0.302. The van der Waals surface area contributed by atoms with Crippen LogP contribution >= 0.6 is 0 Å². The number of hydrogen-bond acceptors (Lipinski definition) is 0. The van der Waals surface area contributed by atoms with Crippen LogP contribution < -0.4 is 0 Å². The van der Waals surface area contributed by atoms with Crippen molar-refractivity contribution in [3.63, 3.8) is 0 Å². The summed E-state index contributed by atoms with van der Waals surface area (Å²) in [6.07, 6.45) is 1.28. The summed E-state index contributed by atoms with van der Waals surface area (Å²) in [7, 11) is 0. The Bertz CT molecular complexity index is 86.6. The van der Waals surface area contributed by atoms with Crippen molar-refractivity contribution in [2.45, 2.75) is 13.8 Å². The minimum absolute atomic E-state index is 0. The Morgan fingerprint density at radius 1 is 1.12 bits per heavy atom. The van der Waals surface area contributed by atoms with E-state index in [1.807, 2.05) is 0 Å². The summed E-state index contributed by atoms with van der Waals surface area (Å²) in [6, 6.07) is 0. The van der Waals surface area contributed by atoms with Gasteiger partial charge < -0.3 is 9.59 Å². The fraction of sp³-hybridized carbons (Fsp3) is 0.400. The van der Waals surface area contributed by atoms with E-state index in [9.17, 15) is 0 Å². The van der Waals surface area contributed by atoms with E-state index in [1.165, 1.54) is 20.3 Å². The van der Waals surface area contributed by atoms with Crippen LogP contribution in [0.1, 0.15) is 13.8 Å². The van der Waals surface area contributed by atoms with Gasteiger partial charge >= 0.3 is 22.4 Å². The molecule has 40 valence electrons. The summed E-state index contributed by atoms with van der Waals surface area (Å²) in [6.45, 7) is 3.00. The molecule has 0 rings (SSSR count). The summed E-state index contributed by atoms with van der Waals surface area (Å²) >= 11 is 0. The predicted octanol–water partition coefficient (Wildman–Crippen LogP) is 0.318. The molecule has 8 heavy (non-hydrogen) atoms. The number of ketones is 2. The molecule has 3 heteroatoms. The van der Waals surface area contributed by atoms with Gasteiger partial charge in [-0.1, -0.05) is 0 Å². The maximum Gasteiger partial charge on any atom is 5.00 e. The summed E-state index contributed by atoms with van der Waals surface area (Å²) in [4.78, 5) is 16.8. The normalized spacial score (nSPS) is 6.75. The second-order valence-electron chi connectivity index (χ2n) is 1.43. The van der Waals surface area contributed by atoms with Crippen molar-refractivity contribution in [3.8, 4) is 0 Å². The van der Waals surface area contributed by atoms with E-state index in [2.05, 4.69) is 0 Å². The van der Waals surface area contributed by atoms with Crippen LogP contribution in [0.15, 0.2) is 0 Å². The SMILES string of the molecule is CC(=[OH+])[CH-]C(C)=[OH+].[Ta+5]. The smallest absolute Gasteiger partial charge is 0.316 e. The van der Waals surface area contributed by atoms with Gasteiger partial charge in [-0.25, -0.2) is 0 Å². The topological polar surface area (TPSA) is 42.8 Å². The average Bonchev–Trinajstić information content (AvgIpc) is 1.27. The average molecular weight is 282 g/mol. The molecule has 0 atom stereocenters. The van der Waals surface area contributed by atoms with Crippen molar-refractivity contribution in [3.05, 3.63) is 6.42 Å². The Morgan fingerprint density at radius 3 is 1.38 bits per heavy atom. The number of carbonyl (C=O) groups excluding carboxylic acids is 2. The molecule has 0 bridgehead atoms. The van der Waals surface area contributed by atoms with Crippen LogP contribution in [0.5, 0.6) is 0 Å². The monoisotopic (exact) mass is 282 g/mol. The van der Waals surface area contributed by atoms with Gasteiger partial charge in [-0.2, -0.15) is 6.42 Å². The fourth-order valence-corrected chi connectivity index (χ4v) is 0.302. The first kappa shape index (κ1) is 10.8. The van der Waals surface area contributed by atoms with Crippen LogP contribution in [0.4, 0.5) is 0 Å². The van der Waals surface area contributed by atoms with E-state index in [0.29, 0.717) is 0 Å². The van der Waals surface area contributed by atoms with Gasteiger partial charge in [0, 0.05) is 13.8 Å². The zero-order valence-corrected chi connectivity index (χ0v) is 8.13. The van der Waals surface area contributed by atoms with Gasteiger partial charge in [0.05, 0.1) is 0 Å². The summed E-state index contributed by atoms with van der Waals surface area (Å²) in [5.74, 6) is 0.250. The van der Waals surface area contributed by atoms with Crippen LogP contribution in [0, 0.1) is 6.42 Å². The molecular weight excluding hydrogens is 273 g/mol. The maximum absolute atomic E-state index is 8.40. The molecule has 0 aliphatic heterocycles. The third-order valence-electron chi connectivity index (χ3n) is 0.418. The van der Waals surface area contributed by atoms with Gasteiger partial charge in [0.2, 0.25) is 0 Å². The van der Waals surface area contributed by atoms with E-state index in [4.69, 9.17) is 9.59 Å². The van der Waals surface area contributed by atoms with E-state index in [0.717, 1.165) is 0 Å². The van der Waals surface area contributed by atoms with Gasteiger partial charge in [0.1, 0.15) is 0 Å². The summed E-state index contributed by atoms with van der Waals surface area (Å²) in [5.41, 5.74) is 0. The minimum Gasteiger partial charge on any atom is -0.316 e. The molecule has 0 aromatic rings. The Kier molecular flexibility index (Phi) is 6.91. The van der Waals surface area contributed by atoms with Crippen LogP contribution in [0.2, 0.25) is 0 Å². The zero-order chi connectivity index (χ0) is 5.86. The van der Waals surface area contributed by atoms with Gasteiger partial charge in [-0.3, -0.25) is 0 Å². The van der Waals surface area contributed by atoms with Crippen molar-refractivity contribution < 1.29 is 32.0 Å². The minimum atomic E-state index is 0. The molecule has 0 heterocycles. The van der Waals surface area contributed by atoms with Gasteiger partial charge in [-0.15, -0.1) is 0 Å². The number of hydrogen-bond donors (Lipinski definition) is 0. The molecule has 0 aliphatic rings. The zero-order valence-electron chi connectivity index (χ0n) is 4.92. The second-order valence-corrected chi connectivity index (χ2v) is 1.43. The first-order valence-corrected chi connectivity index (χ1v) is 2.02. The molecule has 2 nitrogen and oxygen atoms in total. The molecule has 0 spiro atoms. The Morgan fingerprint density at radius 2 is 1.38 bits per heavy atom. The van der Waals surface area contributed by atoms with E-state index in [1.54, 1.807) is 0 Å². The first-order valence-electron chi connectivity index (χ1n) is 2.02. The van der Waals surface area contributed by atoms with Crippen LogP contribution in [0.3, 0.4) is 0 Å². The molecule has 2 N–H and O–H groups in total. The standard InChI is InChI=1S/C5H7O2.Ta/c1-4(6)3-5(2)7;/h3H,1-2H3;/q-1;+5/p+2. The molecular formula is C5H9O2Ta+6. The van der Waals surface area contributed by atoms with Crippen molar-refractivity contribution in [1.82, 2.24) is 0 Å². The van der Waals surface area contributed by atoms with Crippen molar-refractivity contribution in [2.24, 2.45) is 0 Å². The van der Waals surface area contributed by atoms with E-state index >= 15 is 0 Å². The van der Waals surface area contributed by atoms with Crippen molar-refractivity contribution in [2.75, 3.05) is 0 Å². The van der Waals surface area contributed by atoms with Gasteiger partial charge in [0.15, 0.2) is 11.6 Å². The summed E-state index contributed by atoms with van der Waals surface area (Å²) < 4.78 is 0. The van der Waals surface area contributed by atoms with Crippen LogP contribution in [-0.2, 0) is 22.4 Å². The molecule has 0 radical (unpaired) electrons. The molecule has 0 saturated carbocycles. The maximum atomic E-state index is 8.40. The van der Waals surface area contributed by atoms with Crippen molar-refractivity contribution >= 4 is 11.6 Å². The second kappa shape index (κ2) is 5.09. The molecule has 0 aromatic carbocycles. The van der Waals surface area contributed by atoms with Crippen LogP contribution in [0.25, 0.3) is 0 Å². The van der Waals surface area contributed by atoms with Crippen LogP contribution in [-0.4, -0.2) is 21.2 Å². The molecule has 0 aromatic heterocycles. The molecule has 0 aliphatic carbocycles. The Balaban J connectivity index is 0. The number of rotatable bonds is 2. The first-order chi connectivity index (χ1) is 3.13. The molecule has 0 fully saturated rings. The third-order valence-corrected chi connectivity index (χ3v) is 0.418. The van der Waals surface area contributed by atoms with Crippen molar-refractivity contribution in [1.29, 1.82) is 0 Å². The summed E-state index contributed by atoms with van der Waals surface area (Å²) in [5, 5.41) is 0. The predicted molar refractivity (Wildman–Crippen MR) is 29.5 cm³/mol. The quantitative estimate of drug-likeness (QED) is 0.398.